The molecular weight excluding hydrogens is 330 g/mol. The van der Waals surface area contributed by atoms with Crippen molar-refractivity contribution in [3.05, 3.63) is 64.4 Å². The van der Waals surface area contributed by atoms with Crippen LogP contribution in [0.2, 0.25) is 0 Å². The topological polar surface area (TPSA) is 58.0 Å². The van der Waals surface area contributed by atoms with Gasteiger partial charge in [-0.1, -0.05) is 24.3 Å². The third-order valence-electron chi connectivity index (χ3n) is 3.23. The summed E-state index contributed by atoms with van der Waals surface area (Å²) < 4.78 is 0.916. The zero-order valence-corrected chi connectivity index (χ0v) is 12.8. The molecule has 2 heterocycles. The van der Waals surface area contributed by atoms with E-state index >= 15 is 0 Å². The van der Waals surface area contributed by atoms with Gasteiger partial charge in [-0.3, -0.25) is 9.97 Å². The van der Waals surface area contributed by atoms with E-state index in [-0.39, 0.29) is 6.61 Å². The van der Waals surface area contributed by atoms with Crippen LogP contribution in [0.15, 0.2) is 53.3 Å². The number of rotatable bonds is 4. The SMILES string of the molecule is OCc1ccc(CNc2ccnc3cc(Br)cnc23)cc1. The summed E-state index contributed by atoms with van der Waals surface area (Å²) in [7, 11) is 0. The van der Waals surface area contributed by atoms with Crippen molar-refractivity contribution in [2.45, 2.75) is 13.2 Å². The predicted molar refractivity (Wildman–Crippen MR) is 86.9 cm³/mol. The molecule has 0 fully saturated rings. The minimum Gasteiger partial charge on any atom is -0.392 e. The minimum absolute atomic E-state index is 0.0709. The van der Waals surface area contributed by atoms with E-state index in [2.05, 4.69) is 31.2 Å². The molecule has 1 aromatic carbocycles. The largest absolute Gasteiger partial charge is 0.392 e. The molecule has 0 saturated carbocycles. The molecule has 0 bridgehead atoms. The van der Waals surface area contributed by atoms with Gasteiger partial charge in [0.25, 0.3) is 0 Å². The Kier molecular flexibility index (Phi) is 4.13. The Morgan fingerprint density at radius 3 is 2.57 bits per heavy atom. The van der Waals surface area contributed by atoms with Crippen LogP contribution < -0.4 is 5.32 Å². The van der Waals surface area contributed by atoms with Gasteiger partial charge in [-0.05, 0) is 39.2 Å². The third-order valence-corrected chi connectivity index (χ3v) is 3.67. The summed E-state index contributed by atoms with van der Waals surface area (Å²) in [6, 6.07) is 11.7. The normalized spacial score (nSPS) is 10.8. The lowest BCUT2D eigenvalue weighted by Crippen LogP contribution is -2.01. The van der Waals surface area contributed by atoms with Crippen molar-refractivity contribution in [3.63, 3.8) is 0 Å². The first-order valence-corrected chi connectivity index (χ1v) is 7.38. The Morgan fingerprint density at radius 1 is 1.05 bits per heavy atom. The van der Waals surface area contributed by atoms with E-state index in [1.165, 1.54) is 0 Å². The van der Waals surface area contributed by atoms with Crippen LogP contribution in [-0.2, 0) is 13.2 Å². The molecule has 0 saturated heterocycles. The van der Waals surface area contributed by atoms with Crippen LogP contribution in [0.5, 0.6) is 0 Å². The molecule has 0 aliphatic carbocycles. The molecule has 2 N–H and O–H groups in total. The average molecular weight is 344 g/mol. The second-order valence-electron chi connectivity index (χ2n) is 4.71. The summed E-state index contributed by atoms with van der Waals surface area (Å²) in [5.41, 5.74) is 4.73. The van der Waals surface area contributed by atoms with Crippen molar-refractivity contribution in [2.75, 3.05) is 5.32 Å². The molecule has 3 rings (SSSR count). The average Bonchev–Trinajstić information content (AvgIpc) is 2.53. The first-order valence-electron chi connectivity index (χ1n) is 6.59. The number of hydrogen-bond acceptors (Lipinski definition) is 4. The summed E-state index contributed by atoms with van der Waals surface area (Å²) in [6.45, 7) is 0.768. The summed E-state index contributed by atoms with van der Waals surface area (Å²) in [6.07, 6.45) is 3.54. The van der Waals surface area contributed by atoms with Crippen molar-refractivity contribution in [2.24, 2.45) is 0 Å². The molecule has 3 aromatic rings. The van der Waals surface area contributed by atoms with Crippen LogP contribution in [0.3, 0.4) is 0 Å². The number of nitrogens with zero attached hydrogens (tertiary/aromatic N) is 2. The molecule has 0 aliphatic heterocycles. The van der Waals surface area contributed by atoms with Gasteiger partial charge in [0.1, 0.15) is 5.52 Å². The van der Waals surface area contributed by atoms with Gasteiger partial charge in [-0.2, -0.15) is 0 Å². The lowest BCUT2D eigenvalue weighted by atomic mass is 10.1. The summed E-state index contributed by atoms with van der Waals surface area (Å²) in [5, 5.41) is 12.4. The van der Waals surface area contributed by atoms with Crippen molar-refractivity contribution in [1.82, 2.24) is 9.97 Å². The molecule has 0 amide bonds. The predicted octanol–water partition coefficient (Wildman–Crippen LogP) is 3.50. The molecule has 0 aliphatic rings. The number of benzene rings is 1. The highest BCUT2D eigenvalue weighted by Crippen LogP contribution is 2.22. The van der Waals surface area contributed by atoms with Gasteiger partial charge in [0.15, 0.2) is 0 Å². The Hall–Kier alpha value is -1.98. The van der Waals surface area contributed by atoms with Gasteiger partial charge < -0.3 is 10.4 Å². The number of nitrogens with one attached hydrogen (secondary N) is 1. The van der Waals surface area contributed by atoms with Gasteiger partial charge in [-0.25, -0.2) is 0 Å². The number of aliphatic hydroxyl groups is 1. The lowest BCUT2D eigenvalue weighted by molar-refractivity contribution is 0.282. The maximum atomic E-state index is 9.04. The Labute approximate surface area is 131 Å². The van der Waals surface area contributed by atoms with Crippen molar-refractivity contribution < 1.29 is 5.11 Å². The molecule has 0 spiro atoms. The standard InChI is InChI=1S/C16H14BrN3O/c17-13-7-15-16(20-9-13)14(5-6-18-15)19-8-11-1-3-12(10-21)4-2-11/h1-7,9,21H,8,10H2,(H,18,19). The highest BCUT2D eigenvalue weighted by Gasteiger charge is 2.04. The summed E-state index contributed by atoms with van der Waals surface area (Å²) in [4.78, 5) is 8.74. The van der Waals surface area contributed by atoms with Gasteiger partial charge in [0.05, 0.1) is 17.8 Å². The molecule has 4 nitrogen and oxygen atoms in total. The fraction of sp³-hybridized carbons (Fsp3) is 0.125. The van der Waals surface area contributed by atoms with Crippen LogP contribution >= 0.6 is 15.9 Å². The zero-order valence-electron chi connectivity index (χ0n) is 11.3. The summed E-state index contributed by atoms with van der Waals surface area (Å²) in [5.74, 6) is 0. The van der Waals surface area contributed by atoms with Crippen LogP contribution in [0.4, 0.5) is 5.69 Å². The quantitative estimate of drug-likeness (QED) is 0.761. The van der Waals surface area contributed by atoms with Crippen molar-refractivity contribution in [3.8, 4) is 0 Å². The van der Waals surface area contributed by atoms with E-state index < -0.39 is 0 Å². The Morgan fingerprint density at radius 2 is 1.81 bits per heavy atom. The first-order chi connectivity index (χ1) is 10.3. The number of hydrogen-bond donors (Lipinski definition) is 2. The zero-order chi connectivity index (χ0) is 14.7. The maximum absolute atomic E-state index is 9.04. The third kappa shape index (κ3) is 3.20. The fourth-order valence-electron chi connectivity index (χ4n) is 2.11. The maximum Gasteiger partial charge on any atom is 0.112 e. The Bertz CT molecular complexity index is 759. The second kappa shape index (κ2) is 6.20. The number of aliphatic hydroxyl groups excluding tert-OH is 1. The first kappa shape index (κ1) is 14.0. The van der Waals surface area contributed by atoms with E-state index in [0.29, 0.717) is 6.54 Å². The molecule has 0 unspecified atom stereocenters. The molecule has 5 heteroatoms. The lowest BCUT2D eigenvalue weighted by Gasteiger charge is -2.09. The van der Waals surface area contributed by atoms with E-state index in [0.717, 1.165) is 32.3 Å². The summed E-state index contributed by atoms with van der Waals surface area (Å²) >= 11 is 3.40. The second-order valence-corrected chi connectivity index (χ2v) is 5.62. The van der Waals surface area contributed by atoms with E-state index in [1.54, 1.807) is 12.4 Å². The smallest absolute Gasteiger partial charge is 0.112 e. The van der Waals surface area contributed by atoms with E-state index in [4.69, 9.17) is 5.11 Å². The molecule has 0 atom stereocenters. The van der Waals surface area contributed by atoms with Crippen LogP contribution in [-0.4, -0.2) is 15.1 Å². The number of pyridine rings is 2. The van der Waals surface area contributed by atoms with Gasteiger partial charge in [-0.15, -0.1) is 0 Å². The van der Waals surface area contributed by atoms with Crippen molar-refractivity contribution >= 4 is 32.7 Å². The molecule has 0 radical (unpaired) electrons. The monoisotopic (exact) mass is 343 g/mol. The fourth-order valence-corrected chi connectivity index (χ4v) is 2.43. The van der Waals surface area contributed by atoms with Crippen molar-refractivity contribution in [1.29, 1.82) is 0 Å². The Balaban J connectivity index is 1.81. The molecule has 21 heavy (non-hydrogen) atoms. The number of aromatic nitrogens is 2. The molecular formula is C16H14BrN3O. The minimum atomic E-state index is 0.0709. The van der Waals surface area contributed by atoms with Gasteiger partial charge in [0.2, 0.25) is 0 Å². The van der Waals surface area contributed by atoms with Crippen LogP contribution in [0.25, 0.3) is 11.0 Å². The molecule has 106 valence electrons. The van der Waals surface area contributed by atoms with E-state index in [1.807, 2.05) is 36.4 Å². The number of anilines is 1. The van der Waals surface area contributed by atoms with Gasteiger partial charge >= 0.3 is 0 Å². The number of fused-ring (bicyclic) bond motifs is 1. The molecule has 2 aromatic heterocycles. The number of halogens is 1. The van der Waals surface area contributed by atoms with E-state index in [9.17, 15) is 0 Å². The van der Waals surface area contributed by atoms with Crippen LogP contribution in [0, 0.1) is 0 Å². The highest BCUT2D eigenvalue weighted by molar-refractivity contribution is 9.10. The highest BCUT2D eigenvalue weighted by atomic mass is 79.9. The van der Waals surface area contributed by atoms with Crippen LogP contribution in [0.1, 0.15) is 11.1 Å². The van der Waals surface area contributed by atoms with Gasteiger partial charge in [0, 0.05) is 23.4 Å².